The minimum atomic E-state index is -0.609. The Kier molecular flexibility index (Phi) is 1.71. The second-order valence-electron chi connectivity index (χ2n) is 4.35. The van der Waals surface area contributed by atoms with Crippen LogP contribution in [0.3, 0.4) is 0 Å². The van der Waals surface area contributed by atoms with E-state index in [9.17, 15) is 5.11 Å². The van der Waals surface area contributed by atoms with E-state index in [4.69, 9.17) is 11.6 Å². The van der Waals surface area contributed by atoms with E-state index in [1.54, 1.807) is 0 Å². The first kappa shape index (κ1) is 9.25. The van der Waals surface area contributed by atoms with Crippen LogP contribution < -0.4 is 0 Å². The Hall–Kier alpha value is -0.990. The zero-order chi connectivity index (χ0) is 10.6. The summed E-state index contributed by atoms with van der Waals surface area (Å²) in [4.78, 5) is 0. The van der Waals surface area contributed by atoms with Gasteiger partial charge in [-0.05, 0) is 36.6 Å². The van der Waals surface area contributed by atoms with E-state index in [0.29, 0.717) is 0 Å². The van der Waals surface area contributed by atoms with Gasteiger partial charge < -0.3 is 9.67 Å². The maximum absolute atomic E-state index is 10.0. The van der Waals surface area contributed by atoms with Crippen molar-refractivity contribution in [3.8, 4) is 0 Å². The number of rotatable bonds is 1. The van der Waals surface area contributed by atoms with E-state index in [-0.39, 0.29) is 0 Å². The first-order valence-corrected chi connectivity index (χ1v) is 5.45. The van der Waals surface area contributed by atoms with Crippen molar-refractivity contribution >= 4 is 22.5 Å². The van der Waals surface area contributed by atoms with Crippen molar-refractivity contribution in [2.75, 3.05) is 0 Å². The Morgan fingerprint density at radius 2 is 2.13 bits per heavy atom. The molecule has 1 heterocycles. The van der Waals surface area contributed by atoms with Crippen molar-refractivity contribution < 1.29 is 5.11 Å². The van der Waals surface area contributed by atoms with Crippen LogP contribution >= 0.6 is 11.6 Å². The van der Waals surface area contributed by atoms with Gasteiger partial charge in [-0.2, -0.15) is 0 Å². The third-order valence-corrected chi connectivity index (χ3v) is 3.53. The molecular formula is C12H12ClNO. The van der Waals surface area contributed by atoms with Crippen molar-refractivity contribution in [3.05, 3.63) is 35.0 Å². The number of benzene rings is 1. The minimum Gasteiger partial charge on any atom is -0.385 e. The molecule has 0 amide bonds. The molecule has 1 aliphatic carbocycles. The molecule has 1 aromatic carbocycles. The summed E-state index contributed by atoms with van der Waals surface area (Å²) in [6.07, 6.45) is 3.68. The summed E-state index contributed by atoms with van der Waals surface area (Å²) in [6, 6.07) is 5.92. The molecule has 1 aromatic heterocycles. The van der Waals surface area contributed by atoms with Gasteiger partial charge in [0, 0.05) is 24.1 Å². The van der Waals surface area contributed by atoms with Gasteiger partial charge in [0.2, 0.25) is 0 Å². The van der Waals surface area contributed by atoms with Gasteiger partial charge in [-0.1, -0.05) is 11.6 Å². The fourth-order valence-electron chi connectivity index (χ4n) is 2.00. The molecule has 0 atom stereocenters. The van der Waals surface area contributed by atoms with Crippen molar-refractivity contribution in [2.45, 2.75) is 18.4 Å². The standard InChI is InChI=1S/C12H12ClNO/c1-14-5-2-9-10(13)6-8(7-11(9)14)12(15)3-4-12/h2,5-7,15H,3-4H2,1H3. The number of aromatic nitrogens is 1. The van der Waals surface area contributed by atoms with Crippen LogP contribution in [0.1, 0.15) is 18.4 Å². The predicted molar refractivity (Wildman–Crippen MR) is 61.1 cm³/mol. The number of nitrogens with zero attached hydrogens (tertiary/aromatic N) is 1. The highest BCUT2D eigenvalue weighted by atomic mass is 35.5. The monoisotopic (exact) mass is 221 g/mol. The summed E-state index contributed by atoms with van der Waals surface area (Å²) in [5.41, 5.74) is 1.42. The third-order valence-electron chi connectivity index (χ3n) is 3.21. The van der Waals surface area contributed by atoms with Crippen LogP contribution in [0.2, 0.25) is 5.02 Å². The molecule has 0 aliphatic heterocycles. The molecule has 2 nitrogen and oxygen atoms in total. The van der Waals surface area contributed by atoms with Gasteiger partial charge in [-0.3, -0.25) is 0 Å². The van der Waals surface area contributed by atoms with Crippen LogP contribution in [0, 0.1) is 0 Å². The Morgan fingerprint density at radius 3 is 2.80 bits per heavy atom. The molecule has 0 spiro atoms. The zero-order valence-electron chi connectivity index (χ0n) is 8.50. The van der Waals surface area contributed by atoms with Crippen LogP contribution in [-0.4, -0.2) is 9.67 Å². The van der Waals surface area contributed by atoms with Gasteiger partial charge in [0.1, 0.15) is 0 Å². The highest BCUT2D eigenvalue weighted by molar-refractivity contribution is 6.35. The van der Waals surface area contributed by atoms with E-state index >= 15 is 0 Å². The van der Waals surface area contributed by atoms with Crippen LogP contribution in [0.15, 0.2) is 24.4 Å². The van der Waals surface area contributed by atoms with E-state index < -0.39 is 5.60 Å². The van der Waals surface area contributed by atoms with Crippen molar-refractivity contribution in [1.29, 1.82) is 0 Å². The van der Waals surface area contributed by atoms with Crippen LogP contribution in [0.5, 0.6) is 0 Å². The Labute approximate surface area is 93.1 Å². The lowest BCUT2D eigenvalue weighted by molar-refractivity contribution is 0.151. The summed E-state index contributed by atoms with van der Waals surface area (Å²) in [7, 11) is 1.99. The largest absolute Gasteiger partial charge is 0.385 e. The molecule has 1 saturated carbocycles. The second-order valence-corrected chi connectivity index (χ2v) is 4.76. The fourth-order valence-corrected chi connectivity index (χ4v) is 2.28. The molecule has 15 heavy (non-hydrogen) atoms. The topological polar surface area (TPSA) is 25.2 Å². The predicted octanol–water partition coefficient (Wildman–Crippen LogP) is 2.81. The Morgan fingerprint density at radius 1 is 1.40 bits per heavy atom. The molecule has 1 N–H and O–H groups in total. The fraction of sp³-hybridized carbons (Fsp3) is 0.333. The van der Waals surface area contributed by atoms with E-state index in [0.717, 1.165) is 34.3 Å². The molecule has 2 aromatic rings. The number of halogens is 1. The summed E-state index contributed by atoms with van der Waals surface area (Å²) in [5, 5.41) is 11.8. The molecule has 0 saturated heterocycles. The molecule has 3 heteroatoms. The van der Waals surface area contributed by atoms with Gasteiger partial charge in [0.15, 0.2) is 0 Å². The second kappa shape index (κ2) is 2.77. The number of hydrogen-bond donors (Lipinski definition) is 1. The lowest BCUT2D eigenvalue weighted by atomic mass is 10.1. The number of aryl methyl sites for hydroxylation is 1. The minimum absolute atomic E-state index is 0.609. The van der Waals surface area contributed by atoms with Gasteiger partial charge in [-0.15, -0.1) is 0 Å². The van der Waals surface area contributed by atoms with Crippen molar-refractivity contribution in [2.24, 2.45) is 7.05 Å². The zero-order valence-corrected chi connectivity index (χ0v) is 9.25. The first-order chi connectivity index (χ1) is 7.10. The van der Waals surface area contributed by atoms with Crippen molar-refractivity contribution in [1.82, 2.24) is 4.57 Å². The van der Waals surface area contributed by atoms with Crippen LogP contribution in [-0.2, 0) is 12.6 Å². The average molecular weight is 222 g/mol. The molecule has 0 radical (unpaired) electrons. The van der Waals surface area contributed by atoms with Crippen molar-refractivity contribution in [3.63, 3.8) is 0 Å². The maximum atomic E-state index is 10.0. The number of aliphatic hydroxyl groups is 1. The maximum Gasteiger partial charge on any atom is 0.0900 e. The summed E-state index contributed by atoms with van der Waals surface area (Å²) in [5.74, 6) is 0. The van der Waals surface area contributed by atoms with Gasteiger partial charge in [0.25, 0.3) is 0 Å². The van der Waals surface area contributed by atoms with Gasteiger partial charge in [0.05, 0.1) is 10.6 Å². The molecule has 1 aliphatic rings. The third kappa shape index (κ3) is 1.29. The first-order valence-electron chi connectivity index (χ1n) is 5.08. The smallest absolute Gasteiger partial charge is 0.0900 e. The SMILES string of the molecule is Cn1ccc2c(Cl)cc(C3(O)CC3)cc21. The highest BCUT2D eigenvalue weighted by Gasteiger charge is 2.42. The highest BCUT2D eigenvalue weighted by Crippen LogP contribution is 2.46. The summed E-state index contributed by atoms with van der Waals surface area (Å²) >= 11 is 6.18. The van der Waals surface area contributed by atoms with Crippen LogP contribution in [0.25, 0.3) is 10.9 Å². The van der Waals surface area contributed by atoms with E-state index in [1.165, 1.54) is 0 Å². The van der Waals surface area contributed by atoms with Gasteiger partial charge in [-0.25, -0.2) is 0 Å². The Balaban J connectivity index is 2.30. The molecule has 0 unspecified atom stereocenters. The normalized spacial score (nSPS) is 18.3. The molecular weight excluding hydrogens is 210 g/mol. The quantitative estimate of drug-likeness (QED) is 0.787. The summed E-state index contributed by atoms with van der Waals surface area (Å²) in [6.45, 7) is 0. The lowest BCUT2D eigenvalue weighted by Gasteiger charge is -2.09. The average Bonchev–Trinajstić information content (AvgIpc) is 2.84. The van der Waals surface area contributed by atoms with Crippen LogP contribution in [0.4, 0.5) is 0 Å². The Bertz CT molecular complexity index is 540. The lowest BCUT2D eigenvalue weighted by Crippen LogP contribution is -2.04. The molecule has 0 bridgehead atoms. The molecule has 78 valence electrons. The van der Waals surface area contributed by atoms with Gasteiger partial charge >= 0.3 is 0 Å². The molecule has 1 fully saturated rings. The van der Waals surface area contributed by atoms with E-state index in [1.807, 2.05) is 36.0 Å². The number of hydrogen-bond acceptors (Lipinski definition) is 1. The summed E-state index contributed by atoms with van der Waals surface area (Å²) < 4.78 is 2.02. The molecule has 3 rings (SSSR count). The van der Waals surface area contributed by atoms with E-state index in [2.05, 4.69) is 0 Å². The number of fused-ring (bicyclic) bond motifs is 1.